The molecule has 3 nitrogen and oxygen atoms in total. The van der Waals surface area contributed by atoms with Crippen molar-refractivity contribution in [2.75, 3.05) is 21.3 Å². The van der Waals surface area contributed by atoms with Crippen LogP contribution in [0.4, 0.5) is 22.0 Å². The SMILES string of the molecule is COc1ccc(C(Cl)C(F)(F)C(F)(F)F)c(OC)c1OC. The van der Waals surface area contributed by atoms with Gasteiger partial charge >= 0.3 is 12.1 Å². The Morgan fingerprint density at radius 1 is 0.905 bits per heavy atom. The van der Waals surface area contributed by atoms with Crippen molar-refractivity contribution in [3.8, 4) is 17.2 Å². The lowest BCUT2D eigenvalue weighted by atomic mass is 10.0. The van der Waals surface area contributed by atoms with Crippen molar-refractivity contribution >= 4 is 11.6 Å². The molecule has 9 heteroatoms. The normalized spacial score (nSPS) is 13.8. The maximum Gasteiger partial charge on any atom is 0.455 e. The number of alkyl halides is 6. The number of ether oxygens (including phenoxy) is 3. The fourth-order valence-electron chi connectivity index (χ4n) is 1.66. The van der Waals surface area contributed by atoms with E-state index in [0.29, 0.717) is 0 Å². The molecule has 0 aliphatic rings. The van der Waals surface area contributed by atoms with Crippen LogP contribution in [0.15, 0.2) is 12.1 Å². The van der Waals surface area contributed by atoms with Crippen molar-refractivity contribution in [3.05, 3.63) is 17.7 Å². The molecule has 1 rings (SSSR count). The van der Waals surface area contributed by atoms with E-state index in [-0.39, 0.29) is 17.2 Å². The van der Waals surface area contributed by atoms with E-state index in [4.69, 9.17) is 25.8 Å². The van der Waals surface area contributed by atoms with Gasteiger partial charge < -0.3 is 14.2 Å². The number of hydrogen-bond acceptors (Lipinski definition) is 3. The third-order valence-electron chi connectivity index (χ3n) is 2.70. The van der Waals surface area contributed by atoms with Crippen LogP contribution in [0.3, 0.4) is 0 Å². The monoisotopic (exact) mass is 334 g/mol. The fraction of sp³-hybridized carbons (Fsp3) is 0.500. The summed E-state index contributed by atoms with van der Waals surface area (Å²) >= 11 is 5.34. The minimum Gasteiger partial charge on any atom is -0.493 e. The van der Waals surface area contributed by atoms with Crippen LogP contribution in [-0.2, 0) is 0 Å². The van der Waals surface area contributed by atoms with Gasteiger partial charge in [-0.05, 0) is 12.1 Å². The molecule has 1 atom stereocenters. The topological polar surface area (TPSA) is 27.7 Å². The summed E-state index contributed by atoms with van der Waals surface area (Å²) in [5.41, 5.74) is -0.556. The number of halogens is 6. The Hall–Kier alpha value is -1.44. The number of rotatable bonds is 5. The highest BCUT2D eigenvalue weighted by Gasteiger charge is 2.63. The molecule has 1 aromatic rings. The zero-order valence-corrected chi connectivity index (χ0v) is 12.0. The number of hydrogen-bond donors (Lipinski definition) is 0. The molecule has 0 heterocycles. The maximum atomic E-state index is 13.4. The smallest absolute Gasteiger partial charge is 0.455 e. The van der Waals surface area contributed by atoms with Crippen molar-refractivity contribution < 1.29 is 36.2 Å². The van der Waals surface area contributed by atoms with Crippen LogP contribution in [0.2, 0.25) is 0 Å². The van der Waals surface area contributed by atoms with E-state index in [2.05, 4.69) is 0 Å². The summed E-state index contributed by atoms with van der Waals surface area (Å²) in [4.78, 5) is 0. The average molecular weight is 335 g/mol. The number of benzene rings is 1. The third-order valence-corrected chi connectivity index (χ3v) is 3.21. The zero-order chi connectivity index (χ0) is 16.4. The first-order chi connectivity index (χ1) is 9.61. The van der Waals surface area contributed by atoms with Crippen LogP contribution in [0.1, 0.15) is 10.9 Å². The molecule has 1 aromatic carbocycles. The van der Waals surface area contributed by atoms with Crippen molar-refractivity contribution in [3.63, 3.8) is 0 Å². The fourth-order valence-corrected chi connectivity index (χ4v) is 1.96. The van der Waals surface area contributed by atoms with Crippen LogP contribution in [0.5, 0.6) is 17.2 Å². The molecule has 0 aromatic heterocycles. The van der Waals surface area contributed by atoms with E-state index in [1.165, 1.54) is 20.3 Å². The summed E-state index contributed by atoms with van der Waals surface area (Å²) in [5, 5.41) is -2.67. The summed E-state index contributed by atoms with van der Waals surface area (Å²) in [6.45, 7) is 0. The maximum absolute atomic E-state index is 13.4. The van der Waals surface area contributed by atoms with Gasteiger partial charge in [0.1, 0.15) is 5.38 Å². The molecule has 0 saturated carbocycles. The quantitative estimate of drug-likeness (QED) is 0.597. The van der Waals surface area contributed by atoms with Crippen molar-refractivity contribution in [2.24, 2.45) is 0 Å². The zero-order valence-electron chi connectivity index (χ0n) is 11.2. The second-order valence-electron chi connectivity index (χ2n) is 3.91. The Balaban J connectivity index is 3.44. The highest BCUT2D eigenvalue weighted by atomic mass is 35.5. The summed E-state index contributed by atoms with van der Waals surface area (Å²) in [6, 6.07) is 2.13. The van der Waals surface area contributed by atoms with Gasteiger partial charge in [-0.1, -0.05) is 0 Å². The Morgan fingerprint density at radius 3 is 1.81 bits per heavy atom. The van der Waals surface area contributed by atoms with Crippen LogP contribution >= 0.6 is 11.6 Å². The lowest BCUT2D eigenvalue weighted by Crippen LogP contribution is -2.40. The summed E-state index contributed by atoms with van der Waals surface area (Å²) in [7, 11) is 3.56. The summed E-state index contributed by atoms with van der Waals surface area (Å²) in [6.07, 6.45) is -5.79. The Labute approximate surface area is 122 Å². The largest absolute Gasteiger partial charge is 0.493 e. The molecule has 0 aliphatic carbocycles. The molecule has 0 aliphatic heterocycles. The molecule has 1 unspecified atom stereocenters. The molecule has 0 amide bonds. The van der Waals surface area contributed by atoms with Gasteiger partial charge in [-0.3, -0.25) is 0 Å². The molecule has 21 heavy (non-hydrogen) atoms. The van der Waals surface area contributed by atoms with Crippen LogP contribution in [0, 0.1) is 0 Å². The van der Waals surface area contributed by atoms with Crippen molar-refractivity contribution in [2.45, 2.75) is 17.5 Å². The Bertz CT molecular complexity index is 504. The third kappa shape index (κ3) is 3.09. The second kappa shape index (κ2) is 6.13. The summed E-state index contributed by atoms with van der Waals surface area (Å²) < 4.78 is 78.6. The Kier molecular flexibility index (Phi) is 5.14. The van der Waals surface area contributed by atoms with E-state index in [9.17, 15) is 22.0 Å². The van der Waals surface area contributed by atoms with E-state index in [1.807, 2.05) is 0 Å². The van der Waals surface area contributed by atoms with Crippen molar-refractivity contribution in [1.29, 1.82) is 0 Å². The van der Waals surface area contributed by atoms with Gasteiger partial charge in [0, 0.05) is 5.56 Å². The molecule has 0 N–H and O–H groups in total. The second-order valence-corrected chi connectivity index (χ2v) is 4.34. The summed E-state index contributed by atoms with van der Waals surface area (Å²) in [5.74, 6) is -5.50. The highest BCUT2D eigenvalue weighted by molar-refractivity contribution is 6.21. The molecule has 0 saturated heterocycles. The number of methoxy groups -OCH3 is 3. The van der Waals surface area contributed by atoms with E-state index < -0.39 is 23.0 Å². The van der Waals surface area contributed by atoms with Gasteiger partial charge in [-0.25, -0.2) is 0 Å². The van der Waals surface area contributed by atoms with Crippen molar-refractivity contribution in [1.82, 2.24) is 0 Å². The van der Waals surface area contributed by atoms with Gasteiger partial charge in [0.25, 0.3) is 0 Å². The standard InChI is InChI=1S/C12H12ClF5O3/c1-19-7-5-4-6(8(20-2)9(7)21-3)10(13)11(14,15)12(16,17)18/h4-5,10H,1-3H3. The minimum atomic E-state index is -5.79. The van der Waals surface area contributed by atoms with Gasteiger partial charge in [-0.2, -0.15) is 22.0 Å². The van der Waals surface area contributed by atoms with E-state index >= 15 is 0 Å². The van der Waals surface area contributed by atoms with Crippen LogP contribution in [-0.4, -0.2) is 33.4 Å². The van der Waals surface area contributed by atoms with Gasteiger partial charge in [0.15, 0.2) is 11.5 Å². The van der Waals surface area contributed by atoms with Crippen LogP contribution < -0.4 is 14.2 Å². The predicted molar refractivity (Wildman–Crippen MR) is 65.7 cm³/mol. The average Bonchev–Trinajstić information content (AvgIpc) is 2.43. The first-order valence-corrected chi connectivity index (χ1v) is 5.92. The lowest BCUT2D eigenvalue weighted by Gasteiger charge is -2.26. The van der Waals surface area contributed by atoms with E-state index in [1.54, 1.807) is 0 Å². The van der Waals surface area contributed by atoms with Gasteiger partial charge in [0.05, 0.1) is 21.3 Å². The molecule has 0 fully saturated rings. The molecular weight excluding hydrogens is 323 g/mol. The minimum absolute atomic E-state index is 0.109. The van der Waals surface area contributed by atoms with Crippen LogP contribution in [0.25, 0.3) is 0 Å². The molecule has 120 valence electrons. The Morgan fingerprint density at radius 2 is 1.43 bits per heavy atom. The van der Waals surface area contributed by atoms with E-state index in [0.717, 1.165) is 13.2 Å². The first-order valence-electron chi connectivity index (χ1n) is 5.49. The lowest BCUT2D eigenvalue weighted by molar-refractivity contribution is -0.283. The molecule has 0 bridgehead atoms. The van der Waals surface area contributed by atoms with Gasteiger partial charge in [0.2, 0.25) is 5.75 Å². The molecule has 0 radical (unpaired) electrons. The first kappa shape index (κ1) is 17.6. The molecular formula is C12H12ClF5O3. The van der Waals surface area contributed by atoms with Gasteiger partial charge in [-0.15, -0.1) is 11.6 Å². The predicted octanol–water partition coefficient (Wildman–Crippen LogP) is 4.19. The highest BCUT2D eigenvalue weighted by Crippen LogP contribution is 2.52. The molecule has 0 spiro atoms.